The Morgan fingerprint density at radius 1 is 1.32 bits per heavy atom. The molecule has 1 aromatic rings. The van der Waals surface area contributed by atoms with Crippen LogP contribution in [0.25, 0.3) is 0 Å². The molecule has 0 saturated carbocycles. The Kier molecular flexibility index (Phi) is 6.65. The van der Waals surface area contributed by atoms with Crippen molar-refractivity contribution in [3.63, 3.8) is 0 Å². The van der Waals surface area contributed by atoms with Gasteiger partial charge in [0.05, 0.1) is 12.1 Å². The van der Waals surface area contributed by atoms with Crippen molar-refractivity contribution in [2.24, 2.45) is 0 Å². The summed E-state index contributed by atoms with van der Waals surface area (Å²) in [6.07, 6.45) is -2.10. The molecule has 1 N–H and O–H groups in total. The monoisotopic (exact) mass is 329 g/mol. The van der Waals surface area contributed by atoms with Gasteiger partial charge in [-0.05, 0) is 31.5 Å². The number of methoxy groups -OCH3 is 1. The van der Waals surface area contributed by atoms with Crippen LogP contribution in [0.2, 0.25) is 5.02 Å². The lowest BCUT2D eigenvalue weighted by molar-refractivity contribution is -0.156. The molecule has 0 saturated heterocycles. The normalized spacial score (nSPS) is 11.3. The maximum atomic E-state index is 11.6. The number of aryl methyl sites for hydroxylation is 1. The van der Waals surface area contributed by atoms with Gasteiger partial charge in [-0.1, -0.05) is 17.7 Å². The highest BCUT2D eigenvalue weighted by molar-refractivity contribution is 6.32. The van der Waals surface area contributed by atoms with Crippen molar-refractivity contribution in [1.82, 2.24) is 5.32 Å². The molecular weight excluding hydrogens is 314 g/mol. The number of halogens is 1. The molecule has 7 nitrogen and oxygen atoms in total. The zero-order chi connectivity index (χ0) is 16.7. The van der Waals surface area contributed by atoms with Gasteiger partial charge in [0, 0.05) is 0 Å². The predicted molar refractivity (Wildman–Crippen MR) is 77.8 cm³/mol. The van der Waals surface area contributed by atoms with Gasteiger partial charge in [0.1, 0.15) is 5.75 Å². The van der Waals surface area contributed by atoms with Crippen LogP contribution in [0.1, 0.15) is 12.5 Å². The van der Waals surface area contributed by atoms with E-state index in [1.54, 1.807) is 18.2 Å². The minimum Gasteiger partial charge on any atom is -0.480 e. The Morgan fingerprint density at radius 3 is 2.64 bits per heavy atom. The Labute approximate surface area is 132 Å². The van der Waals surface area contributed by atoms with E-state index < -0.39 is 30.7 Å². The van der Waals surface area contributed by atoms with Gasteiger partial charge in [-0.15, -0.1) is 0 Å². The minimum absolute atomic E-state index is 0.338. The molecule has 1 rings (SSSR count). The molecule has 120 valence electrons. The molecule has 0 radical (unpaired) electrons. The summed E-state index contributed by atoms with van der Waals surface area (Å²) in [6.45, 7) is 2.75. The number of nitrogens with one attached hydrogen (secondary N) is 1. The molecule has 0 unspecified atom stereocenters. The number of rotatable bonds is 5. The smallest absolute Gasteiger partial charge is 0.413 e. The number of hydrogen-bond acceptors (Lipinski definition) is 6. The lowest BCUT2D eigenvalue weighted by atomic mass is 10.2. The van der Waals surface area contributed by atoms with Crippen molar-refractivity contribution in [1.29, 1.82) is 0 Å². The summed E-state index contributed by atoms with van der Waals surface area (Å²) in [5.41, 5.74) is 0.915. The fraction of sp³-hybridized carbons (Fsp3) is 0.357. The summed E-state index contributed by atoms with van der Waals surface area (Å²) < 4.78 is 14.3. The molecule has 0 aromatic heterocycles. The Morgan fingerprint density at radius 2 is 2.00 bits per heavy atom. The van der Waals surface area contributed by atoms with Gasteiger partial charge in [0.25, 0.3) is 5.91 Å². The van der Waals surface area contributed by atoms with Crippen LogP contribution in [0, 0.1) is 6.92 Å². The number of carbonyl (C=O) groups excluding carboxylic acids is 3. The van der Waals surface area contributed by atoms with Crippen molar-refractivity contribution >= 4 is 29.6 Å². The molecule has 0 bridgehead atoms. The topological polar surface area (TPSA) is 90.9 Å². The van der Waals surface area contributed by atoms with Gasteiger partial charge < -0.3 is 14.2 Å². The zero-order valence-corrected chi connectivity index (χ0v) is 13.1. The second kappa shape index (κ2) is 8.23. The van der Waals surface area contributed by atoms with E-state index in [4.69, 9.17) is 21.1 Å². The van der Waals surface area contributed by atoms with E-state index in [9.17, 15) is 14.4 Å². The number of benzene rings is 1. The van der Waals surface area contributed by atoms with E-state index in [0.29, 0.717) is 10.8 Å². The molecule has 22 heavy (non-hydrogen) atoms. The Bertz CT molecular complexity index is 574. The Balaban J connectivity index is 2.47. The third-order valence-electron chi connectivity index (χ3n) is 2.52. The molecule has 0 fully saturated rings. The first-order valence-electron chi connectivity index (χ1n) is 6.30. The highest BCUT2D eigenvalue weighted by Crippen LogP contribution is 2.25. The van der Waals surface area contributed by atoms with Crippen molar-refractivity contribution in [3.05, 3.63) is 28.8 Å². The summed E-state index contributed by atoms with van der Waals surface area (Å²) >= 11 is 5.92. The lowest BCUT2D eigenvalue weighted by Gasteiger charge is -2.13. The summed E-state index contributed by atoms with van der Waals surface area (Å²) in [5.74, 6) is -1.23. The van der Waals surface area contributed by atoms with E-state index >= 15 is 0 Å². The van der Waals surface area contributed by atoms with E-state index in [2.05, 4.69) is 4.74 Å². The first kappa shape index (κ1) is 17.8. The van der Waals surface area contributed by atoms with Crippen LogP contribution in [0.5, 0.6) is 5.75 Å². The third-order valence-corrected chi connectivity index (χ3v) is 2.83. The summed E-state index contributed by atoms with van der Waals surface area (Å²) in [4.78, 5) is 33.9. The number of carbonyl (C=O) groups is 3. The van der Waals surface area contributed by atoms with Crippen LogP contribution in [-0.2, 0) is 19.1 Å². The Hall–Kier alpha value is -2.28. The largest absolute Gasteiger partial charge is 0.480 e. The standard InChI is InChI=1S/C14H16ClNO6/c1-8-4-5-10(15)11(6-8)21-7-12(17)22-9(2)13(18)16-14(19)20-3/h4-6,9H,7H2,1-3H3,(H,16,18,19)/t9-/m1/s1. The fourth-order valence-electron chi connectivity index (χ4n) is 1.40. The van der Waals surface area contributed by atoms with Gasteiger partial charge in [-0.3, -0.25) is 10.1 Å². The first-order valence-corrected chi connectivity index (χ1v) is 6.68. The molecule has 0 heterocycles. The lowest BCUT2D eigenvalue weighted by Crippen LogP contribution is -2.40. The van der Waals surface area contributed by atoms with Crippen LogP contribution in [-0.4, -0.2) is 37.8 Å². The third kappa shape index (κ3) is 5.61. The predicted octanol–water partition coefficient (Wildman–Crippen LogP) is 1.84. The molecule has 8 heteroatoms. The average Bonchev–Trinajstić information content (AvgIpc) is 2.47. The van der Waals surface area contributed by atoms with Crippen LogP contribution in [0.4, 0.5) is 4.79 Å². The molecular formula is C14H16ClNO6. The van der Waals surface area contributed by atoms with E-state index in [1.165, 1.54) is 6.92 Å². The maximum absolute atomic E-state index is 11.6. The molecule has 1 atom stereocenters. The van der Waals surface area contributed by atoms with E-state index in [0.717, 1.165) is 12.7 Å². The van der Waals surface area contributed by atoms with Gasteiger partial charge >= 0.3 is 12.1 Å². The van der Waals surface area contributed by atoms with Crippen molar-refractivity contribution in [2.75, 3.05) is 13.7 Å². The molecule has 0 aliphatic heterocycles. The van der Waals surface area contributed by atoms with E-state index in [1.807, 2.05) is 12.2 Å². The SMILES string of the molecule is COC(=O)NC(=O)[C@@H](C)OC(=O)COc1cc(C)ccc1Cl. The number of ether oxygens (including phenoxy) is 3. The van der Waals surface area contributed by atoms with Crippen molar-refractivity contribution in [3.8, 4) is 5.75 Å². The number of amides is 2. The fourth-order valence-corrected chi connectivity index (χ4v) is 1.57. The summed E-state index contributed by atoms with van der Waals surface area (Å²) in [6, 6.07) is 5.11. The van der Waals surface area contributed by atoms with Crippen LogP contribution in [0.15, 0.2) is 18.2 Å². The highest BCUT2D eigenvalue weighted by atomic mass is 35.5. The number of hydrogen-bond donors (Lipinski definition) is 1. The van der Waals surface area contributed by atoms with Crippen LogP contribution in [0.3, 0.4) is 0 Å². The second-order valence-corrected chi connectivity index (χ2v) is 4.74. The average molecular weight is 330 g/mol. The van der Waals surface area contributed by atoms with Crippen molar-refractivity contribution in [2.45, 2.75) is 20.0 Å². The van der Waals surface area contributed by atoms with E-state index in [-0.39, 0.29) is 0 Å². The quantitative estimate of drug-likeness (QED) is 0.829. The molecule has 0 aliphatic carbocycles. The first-order chi connectivity index (χ1) is 10.3. The van der Waals surface area contributed by atoms with Crippen molar-refractivity contribution < 1.29 is 28.6 Å². The molecule has 0 aliphatic rings. The number of imide groups is 1. The maximum Gasteiger partial charge on any atom is 0.413 e. The molecule has 2 amide bonds. The van der Waals surface area contributed by atoms with Crippen LogP contribution >= 0.6 is 11.6 Å². The second-order valence-electron chi connectivity index (χ2n) is 4.34. The zero-order valence-electron chi connectivity index (χ0n) is 12.3. The highest BCUT2D eigenvalue weighted by Gasteiger charge is 2.20. The van der Waals surface area contributed by atoms with Gasteiger partial charge in [-0.2, -0.15) is 0 Å². The summed E-state index contributed by atoms with van der Waals surface area (Å²) in [7, 11) is 1.11. The molecule has 1 aromatic carbocycles. The van der Waals surface area contributed by atoms with Gasteiger partial charge in [-0.25, -0.2) is 9.59 Å². The van der Waals surface area contributed by atoms with Crippen LogP contribution < -0.4 is 10.1 Å². The minimum atomic E-state index is -1.16. The summed E-state index contributed by atoms with van der Waals surface area (Å²) in [5, 5.41) is 2.24. The number of alkyl carbamates (subject to hydrolysis) is 1. The molecule has 0 spiro atoms. The van der Waals surface area contributed by atoms with Gasteiger partial charge in [0.15, 0.2) is 12.7 Å². The number of esters is 1. The van der Waals surface area contributed by atoms with Gasteiger partial charge in [0.2, 0.25) is 0 Å².